The Morgan fingerprint density at radius 1 is 1.15 bits per heavy atom. The molecule has 0 heterocycles. The molecule has 0 saturated heterocycles. The van der Waals surface area contributed by atoms with Crippen LogP contribution in [0.3, 0.4) is 0 Å². The Labute approximate surface area is 119 Å². The van der Waals surface area contributed by atoms with Crippen molar-refractivity contribution in [2.45, 2.75) is 26.3 Å². The van der Waals surface area contributed by atoms with E-state index in [9.17, 15) is 4.39 Å². The summed E-state index contributed by atoms with van der Waals surface area (Å²) < 4.78 is 19.3. The number of ether oxygens (including phenoxy) is 1. The van der Waals surface area contributed by atoms with E-state index in [0.717, 1.165) is 12.0 Å². The van der Waals surface area contributed by atoms with Crippen LogP contribution in [0, 0.1) is 12.7 Å². The molecule has 0 aliphatic heterocycles. The Morgan fingerprint density at radius 3 is 2.50 bits per heavy atom. The molecule has 0 fully saturated rings. The van der Waals surface area contributed by atoms with Gasteiger partial charge in [0.1, 0.15) is 6.61 Å². The molecule has 0 spiro atoms. The summed E-state index contributed by atoms with van der Waals surface area (Å²) in [6.07, 6.45) is 1.00. The lowest BCUT2D eigenvalue weighted by molar-refractivity contribution is 0.277. The highest BCUT2D eigenvalue weighted by molar-refractivity contribution is 5.30. The van der Waals surface area contributed by atoms with Crippen molar-refractivity contribution in [1.82, 2.24) is 0 Å². The van der Waals surface area contributed by atoms with E-state index in [4.69, 9.17) is 10.5 Å². The highest BCUT2D eigenvalue weighted by Crippen LogP contribution is 2.21. The standard InChI is InChI=1S/C17H20FNO/c1-3-13-7-9-14(10-8-13)15(19)11-20-16-6-4-5-12(2)17(16)18/h4-10,15H,3,11,19H2,1-2H3. The van der Waals surface area contributed by atoms with Gasteiger partial charge in [-0.25, -0.2) is 4.39 Å². The van der Waals surface area contributed by atoms with Gasteiger partial charge in [0.25, 0.3) is 0 Å². The summed E-state index contributed by atoms with van der Waals surface area (Å²) in [5.74, 6) is -0.0633. The van der Waals surface area contributed by atoms with Gasteiger partial charge in [-0.15, -0.1) is 0 Å². The maximum Gasteiger partial charge on any atom is 0.167 e. The SMILES string of the molecule is CCc1ccc(C(N)COc2cccc(C)c2F)cc1. The number of benzene rings is 2. The maximum atomic E-state index is 13.8. The van der Waals surface area contributed by atoms with Crippen LogP contribution in [0.2, 0.25) is 0 Å². The molecule has 2 rings (SSSR count). The normalized spacial score (nSPS) is 12.2. The van der Waals surface area contributed by atoms with Gasteiger partial charge in [0.15, 0.2) is 11.6 Å². The number of hydrogen-bond acceptors (Lipinski definition) is 2. The van der Waals surface area contributed by atoms with Crippen molar-refractivity contribution in [3.8, 4) is 5.75 Å². The summed E-state index contributed by atoms with van der Waals surface area (Å²) in [4.78, 5) is 0. The topological polar surface area (TPSA) is 35.2 Å². The van der Waals surface area contributed by atoms with Crippen molar-refractivity contribution in [2.24, 2.45) is 5.73 Å². The van der Waals surface area contributed by atoms with Crippen LogP contribution in [0.15, 0.2) is 42.5 Å². The minimum absolute atomic E-state index is 0.255. The van der Waals surface area contributed by atoms with E-state index in [-0.39, 0.29) is 24.2 Å². The fraction of sp³-hybridized carbons (Fsp3) is 0.294. The summed E-state index contributed by atoms with van der Waals surface area (Å²) in [5, 5.41) is 0. The van der Waals surface area contributed by atoms with E-state index in [0.29, 0.717) is 5.56 Å². The van der Waals surface area contributed by atoms with Gasteiger partial charge < -0.3 is 10.5 Å². The second-order valence-corrected chi connectivity index (χ2v) is 4.90. The quantitative estimate of drug-likeness (QED) is 0.900. The molecule has 1 unspecified atom stereocenters. The lowest BCUT2D eigenvalue weighted by atomic mass is 10.1. The van der Waals surface area contributed by atoms with E-state index < -0.39 is 0 Å². The third-order valence-corrected chi connectivity index (χ3v) is 3.39. The first-order chi connectivity index (χ1) is 9.61. The first kappa shape index (κ1) is 14.5. The van der Waals surface area contributed by atoms with E-state index in [2.05, 4.69) is 19.1 Å². The van der Waals surface area contributed by atoms with E-state index >= 15 is 0 Å². The Balaban J connectivity index is 2.00. The largest absolute Gasteiger partial charge is 0.489 e. The molecule has 1 atom stereocenters. The van der Waals surface area contributed by atoms with Gasteiger partial charge in [0, 0.05) is 0 Å². The van der Waals surface area contributed by atoms with Crippen LogP contribution < -0.4 is 10.5 Å². The summed E-state index contributed by atoms with van der Waals surface area (Å²) in [6.45, 7) is 4.08. The molecule has 2 nitrogen and oxygen atoms in total. The molecule has 3 heteroatoms. The van der Waals surface area contributed by atoms with Gasteiger partial charge in [-0.2, -0.15) is 0 Å². The van der Waals surface area contributed by atoms with E-state index in [1.807, 2.05) is 12.1 Å². The fourth-order valence-electron chi connectivity index (χ4n) is 2.01. The third-order valence-electron chi connectivity index (χ3n) is 3.39. The summed E-state index contributed by atoms with van der Waals surface area (Å²) >= 11 is 0. The molecular formula is C17H20FNO. The van der Waals surface area contributed by atoms with Gasteiger partial charge in [0.2, 0.25) is 0 Å². The van der Waals surface area contributed by atoms with Crippen LogP contribution in [0.4, 0.5) is 4.39 Å². The molecule has 0 aromatic heterocycles. The molecule has 2 N–H and O–H groups in total. The number of nitrogens with two attached hydrogens (primary N) is 1. The molecule has 0 radical (unpaired) electrons. The smallest absolute Gasteiger partial charge is 0.167 e. The number of hydrogen-bond donors (Lipinski definition) is 1. The van der Waals surface area contributed by atoms with Gasteiger partial charge in [-0.3, -0.25) is 0 Å². The Morgan fingerprint density at radius 2 is 1.85 bits per heavy atom. The molecule has 0 aliphatic rings. The molecule has 20 heavy (non-hydrogen) atoms. The zero-order chi connectivity index (χ0) is 14.5. The zero-order valence-corrected chi connectivity index (χ0v) is 11.9. The molecule has 2 aromatic carbocycles. The van der Waals surface area contributed by atoms with Crippen LogP contribution in [0.25, 0.3) is 0 Å². The lowest BCUT2D eigenvalue weighted by Crippen LogP contribution is -2.19. The molecule has 0 bridgehead atoms. The zero-order valence-electron chi connectivity index (χ0n) is 11.9. The van der Waals surface area contributed by atoms with E-state index in [1.165, 1.54) is 5.56 Å². The van der Waals surface area contributed by atoms with E-state index in [1.54, 1.807) is 25.1 Å². The molecule has 0 amide bonds. The summed E-state index contributed by atoms with van der Waals surface area (Å²) in [7, 11) is 0. The molecule has 106 valence electrons. The average Bonchev–Trinajstić information content (AvgIpc) is 2.48. The monoisotopic (exact) mass is 273 g/mol. The molecular weight excluding hydrogens is 253 g/mol. The van der Waals surface area contributed by atoms with Crippen LogP contribution in [0.1, 0.15) is 29.7 Å². The van der Waals surface area contributed by atoms with Gasteiger partial charge in [0.05, 0.1) is 6.04 Å². The molecule has 0 saturated carbocycles. The first-order valence-corrected chi connectivity index (χ1v) is 6.84. The Hall–Kier alpha value is -1.87. The second-order valence-electron chi connectivity index (χ2n) is 4.90. The van der Waals surface area contributed by atoms with Crippen molar-refractivity contribution in [2.75, 3.05) is 6.61 Å². The second kappa shape index (κ2) is 6.53. The predicted octanol–water partition coefficient (Wildman–Crippen LogP) is 3.78. The van der Waals surface area contributed by atoms with Crippen molar-refractivity contribution in [3.63, 3.8) is 0 Å². The molecule has 2 aromatic rings. The first-order valence-electron chi connectivity index (χ1n) is 6.84. The Bertz CT molecular complexity index is 566. The fourth-order valence-corrected chi connectivity index (χ4v) is 2.01. The minimum atomic E-state index is -0.318. The number of rotatable bonds is 5. The third kappa shape index (κ3) is 3.36. The van der Waals surface area contributed by atoms with Crippen molar-refractivity contribution in [3.05, 3.63) is 65.0 Å². The van der Waals surface area contributed by atoms with Crippen LogP contribution >= 0.6 is 0 Å². The minimum Gasteiger partial charge on any atom is -0.489 e. The van der Waals surface area contributed by atoms with Crippen LogP contribution in [-0.2, 0) is 6.42 Å². The predicted molar refractivity (Wildman–Crippen MR) is 79.4 cm³/mol. The summed E-state index contributed by atoms with van der Waals surface area (Å²) in [6, 6.07) is 13.0. The van der Waals surface area contributed by atoms with Crippen molar-refractivity contribution < 1.29 is 9.13 Å². The summed E-state index contributed by atoms with van der Waals surface area (Å²) in [5.41, 5.74) is 8.91. The van der Waals surface area contributed by atoms with Gasteiger partial charge in [-0.1, -0.05) is 43.3 Å². The lowest BCUT2D eigenvalue weighted by Gasteiger charge is -2.15. The van der Waals surface area contributed by atoms with Crippen LogP contribution in [0.5, 0.6) is 5.75 Å². The van der Waals surface area contributed by atoms with Gasteiger partial charge in [-0.05, 0) is 36.1 Å². The van der Waals surface area contributed by atoms with Crippen molar-refractivity contribution >= 4 is 0 Å². The highest BCUT2D eigenvalue weighted by atomic mass is 19.1. The van der Waals surface area contributed by atoms with Crippen molar-refractivity contribution in [1.29, 1.82) is 0 Å². The maximum absolute atomic E-state index is 13.8. The number of aryl methyl sites for hydroxylation is 2. The van der Waals surface area contributed by atoms with Gasteiger partial charge >= 0.3 is 0 Å². The molecule has 0 aliphatic carbocycles. The average molecular weight is 273 g/mol. The highest BCUT2D eigenvalue weighted by Gasteiger charge is 2.10. The number of halogens is 1. The van der Waals surface area contributed by atoms with Crippen LogP contribution in [-0.4, -0.2) is 6.61 Å². The Kier molecular flexibility index (Phi) is 4.74.